The van der Waals surface area contributed by atoms with E-state index in [1.165, 1.54) is 0 Å². The van der Waals surface area contributed by atoms with Crippen molar-refractivity contribution in [2.45, 2.75) is 103 Å². The molecule has 1 saturated heterocycles. The minimum absolute atomic E-state index is 0.0600. The summed E-state index contributed by atoms with van der Waals surface area (Å²) in [7, 11) is 0. The SMILES string of the molecule is CC(C)=CCc1c(O)c2c(c3c1OC(C(C)(C)O)C3)O[C@@]13C(=C[C@H]4C[C@@H]1C(C)(C)O[C@]3(C/C=C(\C)C=O)C4=O)C2=O. The largest absolute Gasteiger partial charge is 0.507 e. The summed E-state index contributed by atoms with van der Waals surface area (Å²) in [5, 5.41) is 22.5. The van der Waals surface area contributed by atoms with Gasteiger partial charge in [0.2, 0.25) is 0 Å². The van der Waals surface area contributed by atoms with Crippen molar-refractivity contribution in [2.75, 3.05) is 0 Å². The Morgan fingerprint density at radius 1 is 1.15 bits per heavy atom. The Bertz CT molecular complexity index is 1500. The zero-order valence-corrected chi connectivity index (χ0v) is 24.7. The topological polar surface area (TPSA) is 119 Å². The van der Waals surface area contributed by atoms with Gasteiger partial charge in [-0.05, 0) is 66.9 Å². The molecule has 0 aromatic heterocycles. The second-order valence-electron chi connectivity index (χ2n) is 13.6. The van der Waals surface area contributed by atoms with E-state index in [9.17, 15) is 24.6 Å². The van der Waals surface area contributed by atoms with Crippen LogP contribution in [0.5, 0.6) is 17.2 Å². The summed E-state index contributed by atoms with van der Waals surface area (Å²) in [6.45, 7) is 12.7. The molecule has 7 rings (SSSR count). The Balaban J connectivity index is 1.62. The summed E-state index contributed by atoms with van der Waals surface area (Å²) in [6.07, 6.45) is 6.55. The number of ketones is 2. The van der Waals surface area contributed by atoms with Gasteiger partial charge in [0, 0.05) is 41.4 Å². The molecule has 0 radical (unpaired) electrons. The maximum Gasteiger partial charge on any atom is 0.200 e. The fraction of sp³-hybridized carbons (Fsp3) is 0.545. The Hall–Kier alpha value is -3.23. The third kappa shape index (κ3) is 3.56. The Morgan fingerprint density at radius 2 is 1.85 bits per heavy atom. The van der Waals surface area contributed by atoms with Crippen molar-refractivity contribution in [2.24, 2.45) is 11.8 Å². The summed E-state index contributed by atoms with van der Waals surface area (Å²) in [5.41, 5.74) is -2.05. The smallest absolute Gasteiger partial charge is 0.200 e. The van der Waals surface area contributed by atoms with Crippen molar-refractivity contribution in [3.8, 4) is 17.2 Å². The second kappa shape index (κ2) is 8.65. The van der Waals surface area contributed by atoms with Crippen LogP contribution in [-0.4, -0.2) is 56.6 Å². The van der Waals surface area contributed by atoms with Crippen LogP contribution < -0.4 is 9.47 Å². The number of carbonyl (C=O) groups excluding carboxylic acids is 3. The first-order valence-corrected chi connectivity index (χ1v) is 14.3. The molecular formula is C33H38O8. The number of aliphatic hydroxyl groups is 1. The molecule has 1 saturated carbocycles. The van der Waals surface area contributed by atoms with Gasteiger partial charge >= 0.3 is 0 Å². The molecular weight excluding hydrogens is 524 g/mol. The van der Waals surface area contributed by atoms with E-state index in [-0.39, 0.29) is 47.4 Å². The quantitative estimate of drug-likeness (QED) is 0.295. The molecule has 8 heteroatoms. The van der Waals surface area contributed by atoms with E-state index in [4.69, 9.17) is 14.2 Å². The number of phenolic OH excluding ortho intramolecular Hbond substituents is 1. The fourth-order valence-electron chi connectivity index (χ4n) is 7.69. The molecule has 1 spiro atoms. The maximum absolute atomic E-state index is 14.5. The van der Waals surface area contributed by atoms with Gasteiger partial charge < -0.3 is 24.4 Å². The number of carbonyl (C=O) groups is 3. The van der Waals surface area contributed by atoms with Gasteiger partial charge in [-0.25, -0.2) is 0 Å². The van der Waals surface area contributed by atoms with E-state index < -0.39 is 34.4 Å². The summed E-state index contributed by atoms with van der Waals surface area (Å²) in [5.74, 6) is -1.05. The lowest BCUT2D eigenvalue weighted by atomic mass is 9.51. The standard InChI is InChI=1S/C33H38O8/c1-16(2)8-9-19-25(35)24-26(36)21-12-18-13-22-31(6,7)41-32(29(18)37,11-10-17(3)15-34)33(21,22)40-28(24)20-14-23(30(4,5)38)39-27(19)20/h8,10,12,15,18,22-23,35,38H,9,11,13-14H2,1-7H3/b17-10+/t18-,22+,23?,32+,33-/m0/s1. The summed E-state index contributed by atoms with van der Waals surface area (Å²) in [4.78, 5) is 40.2. The van der Waals surface area contributed by atoms with Gasteiger partial charge in [-0.2, -0.15) is 0 Å². The molecule has 1 unspecified atom stereocenters. The number of benzene rings is 1. The van der Waals surface area contributed by atoms with Crippen molar-refractivity contribution >= 4 is 17.9 Å². The predicted octanol–water partition coefficient (Wildman–Crippen LogP) is 4.52. The number of ether oxygens (including phenoxy) is 3. The van der Waals surface area contributed by atoms with Gasteiger partial charge in [-0.15, -0.1) is 0 Å². The van der Waals surface area contributed by atoms with Gasteiger partial charge in [0.1, 0.15) is 35.2 Å². The van der Waals surface area contributed by atoms with E-state index in [1.807, 2.05) is 33.8 Å². The van der Waals surface area contributed by atoms with Crippen LogP contribution in [0.1, 0.15) is 82.8 Å². The lowest BCUT2D eigenvalue weighted by molar-refractivity contribution is -0.171. The molecule has 3 heterocycles. The van der Waals surface area contributed by atoms with Gasteiger partial charge in [-0.1, -0.05) is 23.8 Å². The summed E-state index contributed by atoms with van der Waals surface area (Å²) < 4.78 is 20.0. The predicted molar refractivity (Wildman–Crippen MR) is 150 cm³/mol. The number of allylic oxidation sites excluding steroid dienone is 4. The Morgan fingerprint density at radius 3 is 2.49 bits per heavy atom. The fourth-order valence-corrected chi connectivity index (χ4v) is 7.69. The molecule has 5 atom stereocenters. The number of phenols is 1. The van der Waals surface area contributed by atoms with Crippen LogP contribution >= 0.6 is 0 Å². The van der Waals surface area contributed by atoms with Crippen LogP contribution in [0.25, 0.3) is 0 Å². The number of Topliss-reactive ketones (excluding diaryl/α,β-unsaturated/α-hetero) is 2. The van der Waals surface area contributed by atoms with Crippen LogP contribution in [0.15, 0.2) is 34.9 Å². The number of hydrogen-bond acceptors (Lipinski definition) is 8. The summed E-state index contributed by atoms with van der Waals surface area (Å²) >= 11 is 0. The number of aromatic hydroxyl groups is 1. The van der Waals surface area contributed by atoms with E-state index in [0.29, 0.717) is 40.9 Å². The Labute approximate surface area is 240 Å². The normalized spacial score (nSPS) is 32.4. The lowest BCUT2D eigenvalue weighted by Crippen LogP contribution is -2.72. The van der Waals surface area contributed by atoms with Gasteiger partial charge in [0.05, 0.1) is 11.2 Å². The number of hydrogen-bond donors (Lipinski definition) is 2. The molecule has 8 nitrogen and oxygen atoms in total. The third-order valence-corrected chi connectivity index (χ3v) is 9.72. The maximum atomic E-state index is 14.5. The van der Waals surface area contributed by atoms with E-state index >= 15 is 0 Å². The van der Waals surface area contributed by atoms with Crippen LogP contribution in [0, 0.1) is 11.8 Å². The highest BCUT2D eigenvalue weighted by molar-refractivity contribution is 6.18. The minimum atomic E-state index is -1.52. The highest BCUT2D eigenvalue weighted by atomic mass is 16.6. The van der Waals surface area contributed by atoms with Crippen LogP contribution in [0.4, 0.5) is 0 Å². The minimum Gasteiger partial charge on any atom is -0.507 e. The van der Waals surface area contributed by atoms with Crippen LogP contribution in [0.3, 0.4) is 0 Å². The number of rotatable bonds is 6. The monoisotopic (exact) mass is 562 g/mol. The van der Waals surface area contributed by atoms with Crippen molar-refractivity contribution < 1.29 is 38.8 Å². The molecule has 2 N–H and O–H groups in total. The average Bonchev–Trinajstić information content (AvgIpc) is 3.40. The molecule has 4 bridgehead atoms. The van der Waals surface area contributed by atoms with E-state index in [1.54, 1.807) is 32.9 Å². The zero-order valence-electron chi connectivity index (χ0n) is 24.7. The van der Waals surface area contributed by atoms with Crippen molar-refractivity contribution in [1.82, 2.24) is 0 Å². The number of aldehydes is 1. The Kier molecular flexibility index (Phi) is 5.89. The molecule has 2 fully saturated rings. The third-order valence-electron chi connectivity index (χ3n) is 9.72. The van der Waals surface area contributed by atoms with Crippen LogP contribution in [0.2, 0.25) is 0 Å². The van der Waals surface area contributed by atoms with Gasteiger partial charge in [-0.3, -0.25) is 14.4 Å². The van der Waals surface area contributed by atoms with E-state index in [2.05, 4.69) is 0 Å². The first kappa shape index (κ1) is 27.9. The summed E-state index contributed by atoms with van der Waals surface area (Å²) in [6, 6.07) is 0. The molecule has 3 aliphatic heterocycles. The lowest BCUT2D eigenvalue weighted by Gasteiger charge is -2.56. The van der Waals surface area contributed by atoms with Crippen molar-refractivity contribution in [3.05, 3.63) is 51.6 Å². The molecule has 1 aromatic rings. The molecule has 0 amide bonds. The molecule has 3 aliphatic carbocycles. The highest BCUT2D eigenvalue weighted by Crippen LogP contribution is 2.68. The van der Waals surface area contributed by atoms with Gasteiger partial charge in [0.15, 0.2) is 22.8 Å². The molecule has 41 heavy (non-hydrogen) atoms. The molecule has 1 aromatic carbocycles. The first-order chi connectivity index (χ1) is 19.1. The van der Waals surface area contributed by atoms with Gasteiger partial charge in [0.25, 0.3) is 0 Å². The van der Waals surface area contributed by atoms with Crippen LogP contribution in [-0.2, 0) is 27.2 Å². The molecule has 218 valence electrons. The van der Waals surface area contributed by atoms with E-state index in [0.717, 1.165) is 11.9 Å². The molecule has 6 aliphatic rings. The first-order valence-electron chi connectivity index (χ1n) is 14.3. The average molecular weight is 563 g/mol. The zero-order chi connectivity index (χ0) is 29.9. The second-order valence-corrected chi connectivity index (χ2v) is 13.6. The highest BCUT2D eigenvalue weighted by Gasteiger charge is 2.81. The van der Waals surface area contributed by atoms with Crippen molar-refractivity contribution in [1.29, 1.82) is 0 Å². The van der Waals surface area contributed by atoms with Crippen molar-refractivity contribution in [3.63, 3.8) is 0 Å². The number of fused-ring (bicyclic) bond motifs is 3.